The van der Waals surface area contributed by atoms with E-state index in [-0.39, 0.29) is 6.54 Å². The van der Waals surface area contributed by atoms with Crippen molar-refractivity contribution in [3.05, 3.63) is 23.9 Å². The summed E-state index contributed by atoms with van der Waals surface area (Å²) in [7, 11) is 2.62. The zero-order valence-electron chi connectivity index (χ0n) is 10.0. The van der Waals surface area contributed by atoms with Crippen LogP contribution in [0.5, 0.6) is 5.88 Å². The van der Waals surface area contributed by atoms with Crippen LogP contribution in [0, 0.1) is 0 Å². The minimum absolute atomic E-state index is 0.225. The van der Waals surface area contributed by atoms with Gasteiger partial charge in [0.05, 0.1) is 26.3 Å². The molecule has 1 atom stereocenters. The van der Waals surface area contributed by atoms with E-state index >= 15 is 0 Å². The van der Waals surface area contributed by atoms with Gasteiger partial charge in [-0.3, -0.25) is 4.79 Å². The number of pyridine rings is 1. The molecule has 0 bridgehead atoms. The Kier molecular flexibility index (Phi) is 5.06. The third-order valence-electron chi connectivity index (χ3n) is 2.14. The van der Waals surface area contributed by atoms with E-state index in [2.05, 4.69) is 15.0 Å². The van der Waals surface area contributed by atoms with Crippen molar-refractivity contribution in [2.75, 3.05) is 20.8 Å². The molecule has 2 N–H and O–H groups in total. The second-order valence-corrected chi connectivity index (χ2v) is 3.34. The highest BCUT2D eigenvalue weighted by Crippen LogP contribution is 2.06. The lowest BCUT2D eigenvalue weighted by Crippen LogP contribution is -2.37. The van der Waals surface area contributed by atoms with E-state index in [0.717, 1.165) is 7.11 Å². The Morgan fingerprint density at radius 1 is 1.44 bits per heavy atom. The van der Waals surface area contributed by atoms with Crippen LogP contribution in [0.1, 0.15) is 10.4 Å². The molecule has 0 aliphatic carbocycles. The van der Waals surface area contributed by atoms with Crippen LogP contribution in [-0.2, 0) is 9.53 Å². The van der Waals surface area contributed by atoms with Gasteiger partial charge in [-0.2, -0.15) is 0 Å². The zero-order valence-corrected chi connectivity index (χ0v) is 10.0. The normalized spacial score (nSPS) is 11.5. The van der Waals surface area contributed by atoms with Crippen LogP contribution in [-0.4, -0.2) is 48.8 Å². The van der Waals surface area contributed by atoms with Crippen molar-refractivity contribution in [1.82, 2.24) is 10.3 Å². The summed E-state index contributed by atoms with van der Waals surface area (Å²) in [6.45, 7) is -0.225. The monoisotopic (exact) mass is 254 g/mol. The zero-order chi connectivity index (χ0) is 13.5. The van der Waals surface area contributed by atoms with E-state index < -0.39 is 18.0 Å². The standard InChI is InChI=1S/C11H14N2O5/c1-17-9-4-3-7(5-12-9)10(15)13-6-8(14)11(16)18-2/h3-5,8,14H,6H2,1-2H3,(H,13,15). The van der Waals surface area contributed by atoms with Crippen LogP contribution in [0.15, 0.2) is 18.3 Å². The fraction of sp³-hybridized carbons (Fsp3) is 0.364. The molecule has 18 heavy (non-hydrogen) atoms. The lowest BCUT2D eigenvalue weighted by Gasteiger charge is -2.09. The highest BCUT2D eigenvalue weighted by molar-refractivity contribution is 5.94. The van der Waals surface area contributed by atoms with Gasteiger partial charge in [0.25, 0.3) is 5.91 Å². The molecule has 0 spiro atoms. The number of aromatic nitrogens is 1. The number of amides is 1. The Morgan fingerprint density at radius 2 is 2.17 bits per heavy atom. The summed E-state index contributed by atoms with van der Waals surface area (Å²) in [6, 6.07) is 3.05. The Hall–Kier alpha value is -2.15. The number of hydrogen-bond donors (Lipinski definition) is 2. The summed E-state index contributed by atoms with van der Waals surface area (Å²) in [4.78, 5) is 26.4. The first-order valence-electron chi connectivity index (χ1n) is 5.12. The summed E-state index contributed by atoms with van der Waals surface area (Å²) in [6.07, 6.45) is -0.0521. The van der Waals surface area contributed by atoms with E-state index in [1.54, 1.807) is 0 Å². The van der Waals surface area contributed by atoms with Crippen LogP contribution < -0.4 is 10.1 Å². The van der Waals surface area contributed by atoms with Crippen molar-refractivity contribution in [2.45, 2.75) is 6.10 Å². The Balaban J connectivity index is 2.52. The maximum absolute atomic E-state index is 11.6. The highest BCUT2D eigenvalue weighted by Gasteiger charge is 2.16. The summed E-state index contributed by atoms with van der Waals surface area (Å²) < 4.78 is 9.16. The first kappa shape index (κ1) is 13.9. The lowest BCUT2D eigenvalue weighted by molar-refractivity contribution is -0.149. The van der Waals surface area contributed by atoms with E-state index in [1.807, 2.05) is 0 Å². The minimum Gasteiger partial charge on any atom is -0.481 e. The molecule has 1 aromatic heterocycles. The number of aliphatic hydroxyl groups is 1. The van der Waals surface area contributed by atoms with Crippen LogP contribution >= 0.6 is 0 Å². The summed E-state index contributed by atoms with van der Waals surface area (Å²) in [5.74, 6) is -0.864. The van der Waals surface area contributed by atoms with Crippen LogP contribution in [0.4, 0.5) is 0 Å². The Labute approximate surface area is 104 Å². The third kappa shape index (κ3) is 3.70. The van der Waals surface area contributed by atoms with Crippen molar-refractivity contribution in [3.8, 4) is 5.88 Å². The number of ether oxygens (including phenoxy) is 2. The quantitative estimate of drug-likeness (QED) is 0.678. The summed E-state index contributed by atoms with van der Waals surface area (Å²) in [5, 5.41) is 11.7. The van der Waals surface area contributed by atoms with Gasteiger partial charge in [-0.25, -0.2) is 9.78 Å². The number of methoxy groups -OCH3 is 2. The van der Waals surface area contributed by atoms with Crippen LogP contribution in [0.25, 0.3) is 0 Å². The number of nitrogens with one attached hydrogen (secondary N) is 1. The molecule has 0 aliphatic heterocycles. The molecule has 1 heterocycles. The fourth-order valence-electron chi connectivity index (χ4n) is 1.15. The van der Waals surface area contributed by atoms with Gasteiger partial charge in [0.2, 0.25) is 5.88 Å². The Morgan fingerprint density at radius 3 is 2.67 bits per heavy atom. The minimum atomic E-state index is -1.38. The highest BCUT2D eigenvalue weighted by atomic mass is 16.5. The van der Waals surface area contributed by atoms with Crippen molar-refractivity contribution >= 4 is 11.9 Å². The average molecular weight is 254 g/mol. The molecule has 0 fully saturated rings. The smallest absolute Gasteiger partial charge is 0.336 e. The molecule has 0 saturated carbocycles. The average Bonchev–Trinajstić information content (AvgIpc) is 2.43. The van der Waals surface area contributed by atoms with Gasteiger partial charge < -0.3 is 19.9 Å². The van der Waals surface area contributed by atoms with Gasteiger partial charge >= 0.3 is 5.97 Å². The Bertz CT molecular complexity index is 418. The van der Waals surface area contributed by atoms with Gasteiger partial charge in [0.1, 0.15) is 0 Å². The molecular weight excluding hydrogens is 240 g/mol. The first-order valence-corrected chi connectivity index (χ1v) is 5.12. The number of esters is 1. The molecule has 98 valence electrons. The van der Waals surface area contributed by atoms with Crippen molar-refractivity contribution in [2.24, 2.45) is 0 Å². The van der Waals surface area contributed by atoms with Crippen molar-refractivity contribution < 1.29 is 24.2 Å². The van der Waals surface area contributed by atoms with Crippen molar-refractivity contribution in [3.63, 3.8) is 0 Å². The summed E-state index contributed by atoms with van der Waals surface area (Å²) in [5.41, 5.74) is 0.299. The van der Waals surface area contributed by atoms with Gasteiger partial charge in [0, 0.05) is 12.3 Å². The molecule has 0 aromatic carbocycles. The second-order valence-electron chi connectivity index (χ2n) is 3.34. The molecule has 1 rings (SSSR count). The van der Waals surface area contributed by atoms with E-state index in [0.29, 0.717) is 11.4 Å². The van der Waals surface area contributed by atoms with Crippen molar-refractivity contribution in [1.29, 1.82) is 0 Å². The van der Waals surface area contributed by atoms with Gasteiger partial charge in [-0.1, -0.05) is 0 Å². The molecule has 1 aromatic rings. The third-order valence-corrected chi connectivity index (χ3v) is 2.14. The number of rotatable bonds is 5. The lowest BCUT2D eigenvalue weighted by atomic mass is 10.2. The predicted octanol–water partition coefficient (Wildman–Crippen LogP) is -0.646. The van der Waals surface area contributed by atoms with E-state index in [1.165, 1.54) is 25.4 Å². The topological polar surface area (TPSA) is 97.8 Å². The number of hydrogen-bond acceptors (Lipinski definition) is 6. The maximum Gasteiger partial charge on any atom is 0.336 e. The number of nitrogens with zero attached hydrogens (tertiary/aromatic N) is 1. The fourth-order valence-corrected chi connectivity index (χ4v) is 1.15. The molecule has 7 nitrogen and oxygen atoms in total. The van der Waals surface area contributed by atoms with E-state index in [9.17, 15) is 14.7 Å². The predicted molar refractivity (Wildman–Crippen MR) is 61.1 cm³/mol. The molecule has 0 radical (unpaired) electrons. The molecule has 1 amide bonds. The van der Waals surface area contributed by atoms with Gasteiger partial charge in [-0.15, -0.1) is 0 Å². The number of carbonyl (C=O) groups is 2. The molecule has 0 saturated heterocycles. The molecule has 1 unspecified atom stereocenters. The van der Waals surface area contributed by atoms with Crippen LogP contribution in [0.2, 0.25) is 0 Å². The second kappa shape index (κ2) is 6.55. The van der Waals surface area contributed by atoms with Gasteiger partial charge in [-0.05, 0) is 6.07 Å². The first-order chi connectivity index (χ1) is 8.58. The van der Waals surface area contributed by atoms with Gasteiger partial charge in [0.15, 0.2) is 6.10 Å². The summed E-state index contributed by atoms with van der Waals surface area (Å²) >= 11 is 0. The maximum atomic E-state index is 11.6. The number of carbonyl (C=O) groups excluding carboxylic acids is 2. The largest absolute Gasteiger partial charge is 0.481 e. The van der Waals surface area contributed by atoms with E-state index in [4.69, 9.17) is 4.74 Å². The molecule has 7 heteroatoms. The number of aliphatic hydroxyl groups excluding tert-OH is 1. The van der Waals surface area contributed by atoms with Crippen LogP contribution in [0.3, 0.4) is 0 Å². The SMILES string of the molecule is COC(=O)C(O)CNC(=O)c1ccc(OC)nc1. The molecular formula is C11H14N2O5. The molecule has 0 aliphatic rings.